The number of esters is 1. The number of hydrogen-bond acceptors (Lipinski definition) is 6. The fraction of sp³-hybridized carbons (Fsp3) is 0.138. The van der Waals surface area contributed by atoms with Crippen LogP contribution in [0.1, 0.15) is 11.1 Å². The molecule has 0 saturated carbocycles. The quantitative estimate of drug-likeness (QED) is 0.238. The number of aromatic nitrogens is 1. The number of methoxy groups -OCH3 is 2. The molecule has 0 N–H and O–H groups in total. The number of hydrogen-bond donors (Lipinski definition) is 0. The van der Waals surface area contributed by atoms with Gasteiger partial charge in [0.25, 0.3) is 5.91 Å². The van der Waals surface area contributed by atoms with Gasteiger partial charge in [-0.1, -0.05) is 48.5 Å². The molecule has 2 heterocycles. The molecule has 0 spiro atoms. The molecule has 7 nitrogen and oxygen atoms in total. The van der Waals surface area contributed by atoms with Crippen molar-refractivity contribution in [2.24, 2.45) is 4.99 Å². The van der Waals surface area contributed by atoms with Crippen molar-refractivity contribution in [2.45, 2.75) is 13.1 Å². The number of ether oxygens (including phenoxy) is 2. The Labute approximate surface area is 219 Å². The van der Waals surface area contributed by atoms with Gasteiger partial charge in [0.2, 0.25) is 0 Å². The first kappa shape index (κ1) is 24.4. The largest absolute Gasteiger partial charge is 0.497 e. The van der Waals surface area contributed by atoms with Gasteiger partial charge in [0.05, 0.1) is 31.4 Å². The molecule has 1 aliphatic rings. The van der Waals surface area contributed by atoms with E-state index in [9.17, 15) is 9.59 Å². The molecule has 0 radical (unpaired) electrons. The summed E-state index contributed by atoms with van der Waals surface area (Å²) in [4.78, 5) is 32.6. The van der Waals surface area contributed by atoms with E-state index in [-0.39, 0.29) is 18.4 Å². The summed E-state index contributed by atoms with van der Waals surface area (Å²) in [6.45, 7) is 0.467. The Hall–Kier alpha value is -4.30. The maximum atomic E-state index is 13.7. The highest BCUT2D eigenvalue weighted by atomic mass is 32.2. The third-order valence-corrected chi connectivity index (χ3v) is 7.01. The van der Waals surface area contributed by atoms with Gasteiger partial charge in [0.15, 0.2) is 5.17 Å². The molecule has 0 bridgehead atoms. The van der Waals surface area contributed by atoms with Gasteiger partial charge in [0, 0.05) is 22.7 Å². The highest BCUT2D eigenvalue weighted by molar-refractivity contribution is 8.18. The van der Waals surface area contributed by atoms with E-state index in [2.05, 4.69) is 0 Å². The average molecular weight is 512 g/mol. The van der Waals surface area contributed by atoms with Crippen molar-refractivity contribution in [3.8, 4) is 5.75 Å². The Balaban J connectivity index is 1.53. The smallest absolute Gasteiger partial charge is 0.325 e. The summed E-state index contributed by atoms with van der Waals surface area (Å²) in [7, 11) is 3.00. The number of para-hydroxylation sites is 2. The molecule has 1 aliphatic heterocycles. The summed E-state index contributed by atoms with van der Waals surface area (Å²) in [6.07, 6.45) is 3.75. The van der Waals surface area contributed by atoms with Crippen LogP contribution in [-0.2, 0) is 27.4 Å². The minimum Gasteiger partial charge on any atom is -0.497 e. The number of thioether (sulfide) groups is 1. The number of rotatable bonds is 7. The lowest BCUT2D eigenvalue weighted by atomic mass is 10.1. The zero-order valence-corrected chi connectivity index (χ0v) is 21.3. The molecule has 5 rings (SSSR count). The fourth-order valence-corrected chi connectivity index (χ4v) is 5.11. The zero-order chi connectivity index (χ0) is 25.8. The minimum absolute atomic E-state index is 0.0889. The molecule has 4 aromatic rings. The molecule has 37 heavy (non-hydrogen) atoms. The number of carbonyl (C=O) groups is 2. The van der Waals surface area contributed by atoms with E-state index in [1.54, 1.807) is 12.0 Å². The molecule has 8 heteroatoms. The van der Waals surface area contributed by atoms with Crippen LogP contribution < -0.4 is 4.74 Å². The molecular formula is C29H25N3O4S. The maximum absolute atomic E-state index is 13.7. The monoisotopic (exact) mass is 511 g/mol. The molecule has 1 fully saturated rings. The number of benzene rings is 3. The van der Waals surface area contributed by atoms with Crippen LogP contribution in [0.15, 0.2) is 95.0 Å². The lowest BCUT2D eigenvalue weighted by molar-refractivity contribution is -0.141. The predicted molar refractivity (Wildman–Crippen MR) is 147 cm³/mol. The summed E-state index contributed by atoms with van der Waals surface area (Å²) in [5.41, 5.74) is 3.48. The Morgan fingerprint density at radius 1 is 0.973 bits per heavy atom. The van der Waals surface area contributed by atoms with Crippen LogP contribution in [0.25, 0.3) is 17.0 Å². The van der Waals surface area contributed by atoms with E-state index < -0.39 is 0 Å². The number of amides is 1. The van der Waals surface area contributed by atoms with Crippen LogP contribution in [-0.4, -0.2) is 40.7 Å². The van der Waals surface area contributed by atoms with Crippen molar-refractivity contribution in [1.29, 1.82) is 0 Å². The van der Waals surface area contributed by atoms with Crippen LogP contribution in [0.4, 0.5) is 5.69 Å². The normalized spacial score (nSPS) is 15.6. The number of amidine groups is 1. The summed E-state index contributed by atoms with van der Waals surface area (Å²) in [6, 6.07) is 25.0. The van der Waals surface area contributed by atoms with Crippen LogP contribution in [0.2, 0.25) is 0 Å². The first-order valence-corrected chi connectivity index (χ1v) is 12.5. The van der Waals surface area contributed by atoms with Gasteiger partial charge in [0.1, 0.15) is 12.3 Å². The van der Waals surface area contributed by atoms with Gasteiger partial charge in [-0.3, -0.25) is 14.5 Å². The van der Waals surface area contributed by atoms with E-state index in [0.717, 1.165) is 33.5 Å². The molecule has 186 valence electrons. The zero-order valence-electron chi connectivity index (χ0n) is 20.5. The first-order valence-electron chi connectivity index (χ1n) is 11.7. The highest BCUT2D eigenvalue weighted by Gasteiger charge is 2.33. The Morgan fingerprint density at radius 3 is 2.43 bits per heavy atom. The van der Waals surface area contributed by atoms with Crippen molar-refractivity contribution in [2.75, 3.05) is 14.2 Å². The lowest BCUT2D eigenvalue weighted by Gasteiger charge is -2.16. The third-order valence-electron chi connectivity index (χ3n) is 6.00. The van der Waals surface area contributed by atoms with E-state index in [0.29, 0.717) is 16.6 Å². The van der Waals surface area contributed by atoms with E-state index in [4.69, 9.17) is 14.5 Å². The Morgan fingerprint density at radius 2 is 1.70 bits per heavy atom. The Bertz CT molecular complexity index is 1510. The lowest BCUT2D eigenvalue weighted by Crippen LogP contribution is -2.28. The molecular weight excluding hydrogens is 486 g/mol. The number of fused-ring (bicyclic) bond motifs is 1. The summed E-state index contributed by atoms with van der Waals surface area (Å²) >= 11 is 1.34. The van der Waals surface area contributed by atoms with Gasteiger partial charge in [-0.2, -0.15) is 0 Å². The van der Waals surface area contributed by atoms with Gasteiger partial charge in [-0.05, 0) is 53.7 Å². The summed E-state index contributed by atoms with van der Waals surface area (Å²) < 4.78 is 12.0. The molecule has 1 saturated heterocycles. The van der Waals surface area contributed by atoms with E-state index in [1.807, 2.05) is 95.7 Å². The van der Waals surface area contributed by atoms with E-state index in [1.165, 1.54) is 18.9 Å². The van der Waals surface area contributed by atoms with Crippen molar-refractivity contribution in [1.82, 2.24) is 9.47 Å². The molecule has 0 unspecified atom stereocenters. The van der Waals surface area contributed by atoms with Crippen molar-refractivity contribution < 1.29 is 19.1 Å². The van der Waals surface area contributed by atoms with Crippen molar-refractivity contribution >= 4 is 51.5 Å². The number of carbonyl (C=O) groups excluding carboxylic acids is 2. The van der Waals surface area contributed by atoms with Crippen LogP contribution in [0.5, 0.6) is 5.75 Å². The molecule has 0 aliphatic carbocycles. The fourth-order valence-electron chi connectivity index (χ4n) is 4.12. The van der Waals surface area contributed by atoms with E-state index >= 15 is 0 Å². The molecule has 0 atom stereocenters. The third kappa shape index (κ3) is 5.29. The van der Waals surface area contributed by atoms with Crippen LogP contribution in [0, 0.1) is 0 Å². The average Bonchev–Trinajstić information content (AvgIpc) is 3.42. The van der Waals surface area contributed by atoms with Gasteiger partial charge in [-0.15, -0.1) is 0 Å². The molecule has 1 aromatic heterocycles. The number of aliphatic imine (C=N–C) groups is 1. The minimum atomic E-state index is -0.339. The first-order chi connectivity index (χ1) is 18.1. The highest BCUT2D eigenvalue weighted by Crippen LogP contribution is 2.36. The number of nitrogens with zero attached hydrogens (tertiary/aromatic N) is 3. The Kier molecular flexibility index (Phi) is 7.09. The molecule has 1 amide bonds. The maximum Gasteiger partial charge on any atom is 0.325 e. The standard InChI is InChI=1S/C29H25N3O4S/c1-35-23-14-12-20(13-15-23)17-32-28(34)26(37-29(32)30-22-8-4-3-5-9-22)16-21-18-31(19-27(33)36-2)25-11-7-6-10-24(21)25/h3-16,18H,17,19H2,1-2H3/b26-16-,30-29?. The van der Waals surface area contributed by atoms with Crippen LogP contribution >= 0.6 is 11.8 Å². The predicted octanol–water partition coefficient (Wildman–Crippen LogP) is 5.63. The second-order valence-corrected chi connectivity index (χ2v) is 9.39. The second-order valence-electron chi connectivity index (χ2n) is 8.39. The van der Waals surface area contributed by atoms with Crippen LogP contribution in [0.3, 0.4) is 0 Å². The van der Waals surface area contributed by atoms with Crippen molar-refractivity contribution in [3.05, 3.63) is 101 Å². The van der Waals surface area contributed by atoms with Crippen molar-refractivity contribution in [3.63, 3.8) is 0 Å². The van der Waals surface area contributed by atoms with Gasteiger partial charge < -0.3 is 14.0 Å². The SMILES string of the molecule is COC(=O)Cn1cc(/C=C2\SC(=Nc3ccccc3)N(Cc3ccc(OC)cc3)C2=O)c2ccccc21. The summed E-state index contributed by atoms with van der Waals surface area (Å²) in [5, 5.41) is 1.55. The van der Waals surface area contributed by atoms with Gasteiger partial charge >= 0.3 is 5.97 Å². The topological polar surface area (TPSA) is 73.1 Å². The second kappa shape index (κ2) is 10.8. The molecule has 3 aromatic carbocycles. The summed E-state index contributed by atoms with van der Waals surface area (Å²) in [5.74, 6) is 0.294. The van der Waals surface area contributed by atoms with Gasteiger partial charge in [-0.25, -0.2) is 4.99 Å².